The highest BCUT2D eigenvalue weighted by Crippen LogP contribution is 2.00. The van der Waals surface area contributed by atoms with Gasteiger partial charge in [0.2, 0.25) is 0 Å². The van der Waals surface area contributed by atoms with Crippen LogP contribution in [-0.4, -0.2) is 35.3 Å². The molecule has 3 nitrogen and oxygen atoms in total. The molecule has 0 fully saturated rings. The van der Waals surface area contributed by atoms with Gasteiger partial charge in [-0.05, 0) is 31.6 Å². The number of ketones is 1. The molecule has 15 heavy (non-hydrogen) atoms. The van der Waals surface area contributed by atoms with E-state index in [-0.39, 0.29) is 5.78 Å². The van der Waals surface area contributed by atoms with Gasteiger partial charge in [0.15, 0.2) is 5.78 Å². The molecule has 0 bridgehead atoms. The van der Waals surface area contributed by atoms with E-state index in [1.165, 1.54) is 6.42 Å². The summed E-state index contributed by atoms with van der Waals surface area (Å²) in [6.07, 6.45) is 4.12. The Kier molecular flexibility index (Phi) is 5.12. The predicted molar refractivity (Wildman–Crippen MR) is 62.1 cm³/mol. The molecule has 1 aromatic heterocycles. The third kappa shape index (κ3) is 3.88. The molecule has 1 aromatic rings. The minimum Gasteiger partial charge on any atom is -0.359 e. The Morgan fingerprint density at radius 2 is 2.27 bits per heavy atom. The monoisotopic (exact) mass is 208 g/mol. The highest BCUT2D eigenvalue weighted by molar-refractivity contribution is 5.95. The Morgan fingerprint density at radius 3 is 2.80 bits per heavy atom. The fourth-order valence-corrected chi connectivity index (χ4v) is 1.52. The number of carbonyl (C=O) groups excluding carboxylic acids is 1. The molecule has 1 rings (SSSR count). The van der Waals surface area contributed by atoms with Crippen molar-refractivity contribution in [2.75, 3.05) is 19.6 Å². The highest BCUT2D eigenvalue weighted by Gasteiger charge is 2.10. The molecule has 0 aliphatic heterocycles. The van der Waals surface area contributed by atoms with Crippen LogP contribution in [0.1, 0.15) is 37.2 Å². The lowest BCUT2D eigenvalue weighted by Crippen LogP contribution is -2.30. The first-order valence-corrected chi connectivity index (χ1v) is 5.66. The van der Waals surface area contributed by atoms with E-state index in [4.69, 9.17) is 0 Å². The van der Waals surface area contributed by atoms with Crippen molar-refractivity contribution in [2.24, 2.45) is 0 Å². The van der Waals surface area contributed by atoms with Crippen molar-refractivity contribution in [2.45, 2.75) is 26.7 Å². The lowest BCUT2D eigenvalue weighted by molar-refractivity contribution is 0.0928. The molecule has 0 aromatic carbocycles. The molecular formula is C12H20N2O. The smallest absolute Gasteiger partial charge is 0.192 e. The number of unbranched alkanes of at least 4 members (excludes halogenated alkanes) is 1. The van der Waals surface area contributed by atoms with Crippen LogP contribution in [0.2, 0.25) is 0 Å². The van der Waals surface area contributed by atoms with Gasteiger partial charge in [-0.25, -0.2) is 0 Å². The van der Waals surface area contributed by atoms with Crippen LogP contribution in [-0.2, 0) is 0 Å². The number of nitrogens with zero attached hydrogens (tertiary/aromatic N) is 1. The van der Waals surface area contributed by atoms with Crippen molar-refractivity contribution in [3.63, 3.8) is 0 Å². The van der Waals surface area contributed by atoms with Crippen LogP contribution in [0.5, 0.6) is 0 Å². The van der Waals surface area contributed by atoms with Gasteiger partial charge in [0.25, 0.3) is 0 Å². The van der Waals surface area contributed by atoms with Crippen LogP contribution >= 0.6 is 0 Å². The van der Waals surface area contributed by atoms with Gasteiger partial charge in [0, 0.05) is 6.20 Å². The number of likely N-dealkylation sites (N-methyl/N-ethyl adjacent to an activating group) is 1. The number of hydrogen-bond acceptors (Lipinski definition) is 2. The summed E-state index contributed by atoms with van der Waals surface area (Å²) in [5, 5.41) is 0. The maximum Gasteiger partial charge on any atom is 0.192 e. The lowest BCUT2D eigenvalue weighted by Gasteiger charge is -2.18. The summed E-state index contributed by atoms with van der Waals surface area (Å²) in [6, 6.07) is 3.69. The fourth-order valence-electron chi connectivity index (χ4n) is 1.52. The zero-order valence-electron chi connectivity index (χ0n) is 9.62. The standard InChI is InChI=1S/C12H20N2O/c1-3-5-9-14(4-2)10-12(15)11-7-6-8-13-11/h6-8,13H,3-5,9-10H2,1-2H3. The van der Waals surface area contributed by atoms with Gasteiger partial charge in [0.05, 0.1) is 12.2 Å². The summed E-state index contributed by atoms with van der Waals surface area (Å²) < 4.78 is 0. The van der Waals surface area contributed by atoms with Gasteiger partial charge in [0.1, 0.15) is 0 Å². The van der Waals surface area contributed by atoms with Gasteiger partial charge in [-0.1, -0.05) is 20.3 Å². The molecule has 0 saturated heterocycles. The number of hydrogen-bond donors (Lipinski definition) is 1. The van der Waals surface area contributed by atoms with Gasteiger partial charge in [-0.15, -0.1) is 0 Å². The Labute approximate surface area is 91.5 Å². The fraction of sp³-hybridized carbons (Fsp3) is 0.583. The van der Waals surface area contributed by atoms with Crippen LogP contribution in [0.15, 0.2) is 18.3 Å². The maximum atomic E-state index is 11.8. The van der Waals surface area contributed by atoms with Crippen molar-refractivity contribution in [1.82, 2.24) is 9.88 Å². The third-order valence-electron chi connectivity index (χ3n) is 2.54. The van der Waals surface area contributed by atoms with Crippen LogP contribution < -0.4 is 0 Å². The summed E-state index contributed by atoms with van der Waals surface area (Å²) in [5.41, 5.74) is 0.713. The molecule has 84 valence electrons. The number of nitrogens with one attached hydrogen (secondary N) is 1. The van der Waals surface area contributed by atoms with Crippen LogP contribution in [0, 0.1) is 0 Å². The number of Topliss-reactive ketones (excluding diaryl/α,β-unsaturated/α-hetero) is 1. The van der Waals surface area contributed by atoms with E-state index in [2.05, 4.69) is 23.7 Å². The van der Waals surface area contributed by atoms with Crippen LogP contribution in [0.3, 0.4) is 0 Å². The van der Waals surface area contributed by atoms with E-state index in [1.54, 1.807) is 6.20 Å². The predicted octanol–water partition coefficient (Wildman–Crippen LogP) is 2.32. The Bertz CT molecular complexity index is 280. The van der Waals surface area contributed by atoms with Crippen LogP contribution in [0.25, 0.3) is 0 Å². The number of aromatic amines is 1. The molecule has 3 heteroatoms. The number of aromatic nitrogens is 1. The Balaban J connectivity index is 2.41. The molecule has 0 saturated carbocycles. The first kappa shape index (κ1) is 12.0. The molecular weight excluding hydrogens is 188 g/mol. The SMILES string of the molecule is CCCCN(CC)CC(=O)c1ccc[nH]1. The molecule has 0 atom stereocenters. The molecule has 1 N–H and O–H groups in total. The van der Waals surface area contributed by atoms with E-state index >= 15 is 0 Å². The van der Waals surface area contributed by atoms with E-state index in [9.17, 15) is 4.79 Å². The maximum absolute atomic E-state index is 11.8. The van der Waals surface area contributed by atoms with Gasteiger partial charge in [-0.3, -0.25) is 9.69 Å². The quantitative estimate of drug-likeness (QED) is 0.698. The second kappa shape index (κ2) is 6.40. The average Bonchev–Trinajstić information content (AvgIpc) is 2.77. The van der Waals surface area contributed by atoms with Crippen LogP contribution in [0.4, 0.5) is 0 Å². The molecule has 0 radical (unpaired) electrons. The van der Waals surface area contributed by atoms with Gasteiger partial charge in [-0.2, -0.15) is 0 Å². The van der Waals surface area contributed by atoms with E-state index < -0.39 is 0 Å². The van der Waals surface area contributed by atoms with Gasteiger partial charge < -0.3 is 4.98 Å². The first-order chi connectivity index (χ1) is 7.27. The molecule has 0 unspecified atom stereocenters. The molecule has 1 heterocycles. The minimum absolute atomic E-state index is 0.179. The molecule has 0 aliphatic rings. The highest BCUT2D eigenvalue weighted by atomic mass is 16.1. The summed E-state index contributed by atoms with van der Waals surface area (Å²) in [6.45, 7) is 6.74. The zero-order valence-corrected chi connectivity index (χ0v) is 9.62. The summed E-state index contributed by atoms with van der Waals surface area (Å²) in [7, 11) is 0. The largest absolute Gasteiger partial charge is 0.359 e. The Hall–Kier alpha value is -1.09. The van der Waals surface area contributed by atoms with E-state index in [0.29, 0.717) is 12.2 Å². The molecule has 0 amide bonds. The summed E-state index contributed by atoms with van der Waals surface area (Å²) in [4.78, 5) is 16.9. The second-order valence-corrected chi connectivity index (χ2v) is 3.73. The normalized spacial score (nSPS) is 10.9. The topological polar surface area (TPSA) is 36.1 Å². The van der Waals surface area contributed by atoms with Crippen molar-refractivity contribution in [3.8, 4) is 0 Å². The van der Waals surface area contributed by atoms with Gasteiger partial charge >= 0.3 is 0 Å². The van der Waals surface area contributed by atoms with Crippen molar-refractivity contribution >= 4 is 5.78 Å². The minimum atomic E-state index is 0.179. The summed E-state index contributed by atoms with van der Waals surface area (Å²) in [5.74, 6) is 0.179. The second-order valence-electron chi connectivity index (χ2n) is 3.73. The van der Waals surface area contributed by atoms with Crippen molar-refractivity contribution < 1.29 is 4.79 Å². The summed E-state index contributed by atoms with van der Waals surface area (Å²) >= 11 is 0. The molecule has 0 spiro atoms. The lowest BCUT2D eigenvalue weighted by atomic mass is 10.2. The first-order valence-electron chi connectivity index (χ1n) is 5.66. The van der Waals surface area contributed by atoms with E-state index in [1.807, 2.05) is 12.1 Å². The Morgan fingerprint density at radius 1 is 1.47 bits per heavy atom. The zero-order chi connectivity index (χ0) is 11.1. The van der Waals surface area contributed by atoms with Crippen molar-refractivity contribution in [1.29, 1.82) is 0 Å². The number of H-pyrrole nitrogens is 1. The molecule has 0 aliphatic carbocycles. The third-order valence-corrected chi connectivity index (χ3v) is 2.54. The number of carbonyl (C=O) groups is 1. The van der Waals surface area contributed by atoms with E-state index in [0.717, 1.165) is 19.5 Å². The number of rotatable bonds is 7. The average molecular weight is 208 g/mol. The van der Waals surface area contributed by atoms with Crippen molar-refractivity contribution in [3.05, 3.63) is 24.0 Å².